The van der Waals surface area contributed by atoms with Crippen molar-refractivity contribution in [2.45, 2.75) is 18.6 Å². The lowest BCUT2D eigenvalue weighted by molar-refractivity contribution is 0.0319. The van der Waals surface area contributed by atoms with Crippen LogP contribution < -0.4 is 0 Å². The Morgan fingerprint density at radius 2 is 2.44 bits per heavy atom. The Hall–Kier alpha value is -0.0500. The fourth-order valence-electron chi connectivity index (χ4n) is 0.299. The van der Waals surface area contributed by atoms with Gasteiger partial charge in [-0.15, -0.1) is 6.58 Å². The molecule has 0 saturated carbocycles. The molecule has 2 atom stereocenters. The van der Waals surface area contributed by atoms with Gasteiger partial charge in [-0.1, -0.05) is 17.7 Å². The number of halogens is 1. The molecule has 0 saturated heterocycles. The smallest absolute Gasteiger partial charge is 0.157 e. The van der Waals surface area contributed by atoms with Crippen LogP contribution in [0.15, 0.2) is 12.7 Å². The Balaban J connectivity index is 3.26. The van der Waals surface area contributed by atoms with Gasteiger partial charge in [0.05, 0.1) is 12.7 Å². The molecule has 0 amide bonds. The van der Waals surface area contributed by atoms with E-state index in [1.54, 1.807) is 13.0 Å². The van der Waals surface area contributed by atoms with E-state index in [0.717, 1.165) is 0 Å². The number of ether oxygens (including phenoxy) is 1. The molecule has 0 heterocycles. The van der Waals surface area contributed by atoms with Gasteiger partial charge in [0, 0.05) is 0 Å². The third-order valence-electron chi connectivity index (χ3n) is 0.753. The van der Waals surface area contributed by atoms with Gasteiger partial charge in [0.15, 0.2) is 5.56 Å². The summed E-state index contributed by atoms with van der Waals surface area (Å²) in [6.07, 6.45) is 0.948. The summed E-state index contributed by atoms with van der Waals surface area (Å²) in [5.41, 5.74) is -0.622. The highest BCUT2D eigenvalue weighted by Gasteiger charge is 2.09. The van der Waals surface area contributed by atoms with E-state index in [1.165, 1.54) is 0 Å². The van der Waals surface area contributed by atoms with Crippen LogP contribution in [0.5, 0.6) is 0 Å². The van der Waals surface area contributed by atoms with Crippen LogP contribution in [-0.4, -0.2) is 23.4 Å². The summed E-state index contributed by atoms with van der Waals surface area (Å²) in [6, 6.07) is 0. The first-order valence-corrected chi connectivity index (χ1v) is 3.16. The molecule has 0 aromatic carbocycles. The largest absolute Gasteiger partial charge is 0.389 e. The first-order valence-electron chi connectivity index (χ1n) is 2.73. The molecule has 9 heavy (non-hydrogen) atoms. The molecule has 0 aliphatic rings. The van der Waals surface area contributed by atoms with E-state index in [0.29, 0.717) is 6.61 Å². The molecule has 3 heteroatoms. The minimum atomic E-state index is -0.633. The van der Waals surface area contributed by atoms with Crippen LogP contribution in [0, 0.1) is 0 Å². The first-order chi connectivity index (χ1) is 4.18. The number of alkyl halides is 1. The minimum Gasteiger partial charge on any atom is -0.389 e. The molecule has 0 aliphatic carbocycles. The van der Waals surface area contributed by atoms with Gasteiger partial charge in [-0.05, 0) is 6.92 Å². The first kappa shape index (κ1) is 8.95. The summed E-state index contributed by atoms with van der Waals surface area (Å²) >= 11 is 5.47. The highest BCUT2D eigenvalue weighted by atomic mass is 35.5. The summed E-state index contributed by atoms with van der Waals surface area (Å²) in [4.78, 5) is 0. The Morgan fingerprint density at radius 1 is 1.89 bits per heavy atom. The van der Waals surface area contributed by atoms with Gasteiger partial charge in [-0.3, -0.25) is 0 Å². The maximum Gasteiger partial charge on any atom is 0.157 e. The van der Waals surface area contributed by atoms with Crippen LogP contribution in [0.3, 0.4) is 0 Å². The van der Waals surface area contributed by atoms with Crippen molar-refractivity contribution in [2.75, 3.05) is 6.61 Å². The normalized spacial score (nSPS) is 16.8. The average Bonchev–Trinajstić information content (AvgIpc) is 1.82. The highest BCUT2D eigenvalue weighted by Crippen LogP contribution is 2.03. The van der Waals surface area contributed by atoms with Crippen molar-refractivity contribution in [1.29, 1.82) is 0 Å². The zero-order chi connectivity index (χ0) is 7.28. The second-order valence-corrected chi connectivity index (χ2v) is 2.14. The number of hydrogen-bond donors (Lipinski definition) is 1. The van der Waals surface area contributed by atoms with Crippen molar-refractivity contribution in [2.24, 2.45) is 0 Å². The van der Waals surface area contributed by atoms with Crippen LogP contribution in [0.2, 0.25) is 0 Å². The van der Waals surface area contributed by atoms with Crippen molar-refractivity contribution in [3.05, 3.63) is 12.7 Å². The highest BCUT2D eigenvalue weighted by molar-refractivity contribution is 6.20. The van der Waals surface area contributed by atoms with Crippen molar-refractivity contribution in [3.8, 4) is 0 Å². The zero-order valence-electron chi connectivity index (χ0n) is 5.38. The molecular weight excluding hydrogens is 140 g/mol. The van der Waals surface area contributed by atoms with Crippen molar-refractivity contribution < 1.29 is 9.84 Å². The number of rotatable bonds is 4. The van der Waals surface area contributed by atoms with Gasteiger partial charge in [0.25, 0.3) is 0 Å². The van der Waals surface area contributed by atoms with E-state index in [4.69, 9.17) is 21.4 Å². The number of aliphatic hydroxyl groups is 1. The molecule has 54 valence electrons. The molecule has 1 N–H and O–H groups in total. The lowest BCUT2D eigenvalue weighted by Gasteiger charge is -2.11. The van der Waals surface area contributed by atoms with E-state index < -0.39 is 11.7 Å². The van der Waals surface area contributed by atoms with Crippen LogP contribution >= 0.6 is 11.6 Å². The molecule has 0 aromatic rings. The standard InChI is InChI=1S/C6H11ClO2/c1-3-4-9-6(7)5(2)8/h3,5-6,8H,1,4H2,2H3. The molecule has 0 aromatic heterocycles. The molecule has 2 unspecified atom stereocenters. The summed E-state index contributed by atoms with van der Waals surface area (Å²) in [5, 5.41) is 8.76. The molecule has 0 aliphatic heterocycles. The summed E-state index contributed by atoms with van der Waals surface area (Å²) in [5.74, 6) is 0. The molecule has 0 fully saturated rings. The van der Waals surface area contributed by atoms with E-state index in [-0.39, 0.29) is 0 Å². The predicted octanol–water partition coefficient (Wildman–Crippen LogP) is 1.13. The Labute approximate surface area is 60.1 Å². The average molecular weight is 151 g/mol. The molecular formula is C6H11ClO2. The summed E-state index contributed by atoms with van der Waals surface area (Å²) < 4.78 is 4.85. The van der Waals surface area contributed by atoms with E-state index in [2.05, 4.69) is 6.58 Å². The van der Waals surface area contributed by atoms with Gasteiger partial charge in [0.2, 0.25) is 0 Å². The lowest BCUT2D eigenvalue weighted by Crippen LogP contribution is -2.19. The second-order valence-electron chi connectivity index (χ2n) is 1.71. The number of aliphatic hydroxyl groups excluding tert-OH is 1. The summed E-state index contributed by atoms with van der Waals surface area (Å²) in [7, 11) is 0. The van der Waals surface area contributed by atoms with Gasteiger partial charge < -0.3 is 9.84 Å². The van der Waals surface area contributed by atoms with Crippen LogP contribution in [0.1, 0.15) is 6.92 Å². The Bertz CT molecular complexity index is 83.1. The Morgan fingerprint density at radius 3 is 2.78 bits per heavy atom. The molecule has 0 spiro atoms. The van der Waals surface area contributed by atoms with Gasteiger partial charge in [-0.25, -0.2) is 0 Å². The quantitative estimate of drug-likeness (QED) is 0.481. The van der Waals surface area contributed by atoms with E-state index >= 15 is 0 Å². The number of hydrogen-bond acceptors (Lipinski definition) is 2. The summed E-state index contributed by atoms with van der Waals surface area (Å²) in [6.45, 7) is 5.37. The monoisotopic (exact) mass is 150 g/mol. The lowest BCUT2D eigenvalue weighted by atomic mass is 10.4. The van der Waals surface area contributed by atoms with Crippen LogP contribution in [-0.2, 0) is 4.74 Å². The zero-order valence-corrected chi connectivity index (χ0v) is 6.14. The third-order valence-corrected chi connectivity index (χ3v) is 1.24. The van der Waals surface area contributed by atoms with Crippen molar-refractivity contribution in [1.82, 2.24) is 0 Å². The SMILES string of the molecule is C=CCOC(Cl)C(C)O. The molecule has 0 bridgehead atoms. The van der Waals surface area contributed by atoms with Crippen LogP contribution in [0.25, 0.3) is 0 Å². The predicted molar refractivity (Wildman–Crippen MR) is 37.5 cm³/mol. The topological polar surface area (TPSA) is 29.5 Å². The third kappa shape index (κ3) is 4.45. The molecule has 2 nitrogen and oxygen atoms in total. The van der Waals surface area contributed by atoms with Crippen molar-refractivity contribution >= 4 is 11.6 Å². The van der Waals surface area contributed by atoms with Gasteiger partial charge >= 0.3 is 0 Å². The maximum absolute atomic E-state index is 8.76. The fourth-order valence-corrected chi connectivity index (χ4v) is 0.372. The van der Waals surface area contributed by atoms with Gasteiger partial charge in [-0.2, -0.15) is 0 Å². The second kappa shape index (κ2) is 4.79. The van der Waals surface area contributed by atoms with Gasteiger partial charge in [0.1, 0.15) is 0 Å². The van der Waals surface area contributed by atoms with E-state index in [9.17, 15) is 0 Å². The fraction of sp³-hybridized carbons (Fsp3) is 0.667. The van der Waals surface area contributed by atoms with Crippen LogP contribution in [0.4, 0.5) is 0 Å². The Kier molecular flexibility index (Phi) is 4.77. The maximum atomic E-state index is 8.76. The minimum absolute atomic E-state index is 0.374. The van der Waals surface area contributed by atoms with Crippen molar-refractivity contribution in [3.63, 3.8) is 0 Å². The van der Waals surface area contributed by atoms with E-state index in [1.807, 2.05) is 0 Å². The molecule has 0 radical (unpaired) electrons. The molecule has 0 rings (SSSR count).